The highest BCUT2D eigenvalue weighted by molar-refractivity contribution is 7.89. The van der Waals surface area contributed by atoms with Crippen LogP contribution < -0.4 is 0 Å². The van der Waals surface area contributed by atoms with Crippen molar-refractivity contribution >= 4 is 27.5 Å². The predicted octanol–water partition coefficient (Wildman–Crippen LogP) is 2.79. The predicted molar refractivity (Wildman–Crippen MR) is 95.6 cm³/mol. The van der Waals surface area contributed by atoms with Gasteiger partial charge in [-0.05, 0) is 42.0 Å². The molecule has 134 valence electrons. The van der Waals surface area contributed by atoms with E-state index in [1.54, 1.807) is 19.2 Å². The second-order valence-corrected chi connectivity index (χ2v) is 7.79. The molecule has 0 aliphatic rings. The third-order valence-corrected chi connectivity index (χ3v) is 5.58. The molecule has 2 aromatic carbocycles. The molecule has 6 nitrogen and oxygen atoms in total. The molecule has 0 aliphatic carbocycles. The first-order valence-corrected chi connectivity index (χ1v) is 9.20. The highest BCUT2D eigenvalue weighted by atomic mass is 35.5. The van der Waals surface area contributed by atoms with E-state index in [-0.39, 0.29) is 10.8 Å². The van der Waals surface area contributed by atoms with Gasteiger partial charge in [0.2, 0.25) is 0 Å². The van der Waals surface area contributed by atoms with Crippen LogP contribution in [0.1, 0.15) is 15.9 Å². The number of sulfonamides is 1. The Balaban J connectivity index is 2.15. The minimum absolute atomic E-state index is 0.0471. The molecule has 0 bridgehead atoms. The van der Waals surface area contributed by atoms with Crippen molar-refractivity contribution in [3.05, 3.63) is 64.7 Å². The van der Waals surface area contributed by atoms with Gasteiger partial charge < -0.3 is 4.90 Å². The van der Waals surface area contributed by atoms with Gasteiger partial charge in [0, 0.05) is 31.2 Å². The first-order chi connectivity index (χ1) is 11.8. The topological polar surface area (TPSA) is 66.9 Å². The van der Waals surface area contributed by atoms with Crippen LogP contribution in [0.25, 0.3) is 0 Å². The van der Waals surface area contributed by atoms with Crippen LogP contribution in [0.3, 0.4) is 0 Å². The number of nitrogens with zero attached hydrogens (tertiary/aromatic N) is 2. The molecule has 0 atom stereocenters. The van der Waals surface area contributed by atoms with Crippen molar-refractivity contribution in [1.29, 1.82) is 0 Å². The molecule has 0 heterocycles. The summed E-state index contributed by atoms with van der Waals surface area (Å²) in [6.07, 6.45) is 0. The minimum Gasteiger partial charge on any atom is -0.337 e. The second kappa shape index (κ2) is 7.97. The van der Waals surface area contributed by atoms with Gasteiger partial charge in [0.05, 0.1) is 12.0 Å². The van der Waals surface area contributed by atoms with Crippen LogP contribution in [0.5, 0.6) is 0 Å². The van der Waals surface area contributed by atoms with Crippen LogP contribution in [-0.2, 0) is 21.4 Å². The average molecular weight is 383 g/mol. The Kier molecular flexibility index (Phi) is 6.18. The Labute approximate surface area is 152 Å². The molecule has 0 saturated heterocycles. The lowest BCUT2D eigenvalue weighted by Gasteiger charge is -2.18. The maximum atomic E-state index is 12.5. The van der Waals surface area contributed by atoms with Gasteiger partial charge in [-0.3, -0.25) is 9.63 Å². The second-order valence-electron chi connectivity index (χ2n) is 5.41. The van der Waals surface area contributed by atoms with E-state index >= 15 is 0 Å². The van der Waals surface area contributed by atoms with E-state index in [1.807, 2.05) is 12.1 Å². The molecule has 0 N–H and O–H groups in total. The van der Waals surface area contributed by atoms with Crippen molar-refractivity contribution in [2.24, 2.45) is 0 Å². The molecule has 1 amide bonds. The number of hydrogen-bond donors (Lipinski definition) is 0. The van der Waals surface area contributed by atoms with Crippen molar-refractivity contribution in [2.45, 2.75) is 11.4 Å². The molecule has 0 aromatic heterocycles. The van der Waals surface area contributed by atoms with Crippen LogP contribution in [0.15, 0.2) is 53.4 Å². The number of carbonyl (C=O) groups excluding carboxylic acids is 1. The monoisotopic (exact) mass is 382 g/mol. The number of amides is 1. The quantitative estimate of drug-likeness (QED) is 0.720. The van der Waals surface area contributed by atoms with Crippen LogP contribution >= 0.6 is 11.6 Å². The third kappa shape index (κ3) is 4.58. The first kappa shape index (κ1) is 19.4. The fourth-order valence-electron chi connectivity index (χ4n) is 2.22. The molecule has 0 fully saturated rings. The summed E-state index contributed by atoms with van der Waals surface area (Å²) in [5.74, 6) is -0.219. The zero-order valence-corrected chi connectivity index (χ0v) is 15.7. The molecule has 8 heteroatoms. The number of rotatable bonds is 6. The lowest BCUT2D eigenvalue weighted by atomic mass is 10.1. The Morgan fingerprint density at radius 1 is 1.12 bits per heavy atom. The van der Waals surface area contributed by atoms with Gasteiger partial charge in [0.25, 0.3) is 15.9 Å². The number of hydroxylamine groups is 1. The number of halogens is 1. The maximum Gasteiger partial charge on any atom is 0.264 e. The smallest absolute Gasteiger partial charge is 0.264 e. The van der Waals surface area contributed by atoms with Gasteiger partial charge in [-0.2, -0.15) is 0 Å². The summed E-state index contributed by atoms with van der Waals surface area (Å²) < 4.78 is 25.0. The van der Waals surface area contributed by atoms with E-state index in [2.05, 4.69) is 0 Å². The lowest BCUT2D eigenvalue weighted by Crippen LogP contribution is -2.27. The molecule has 0 aliphatic heterocycles. The summed E-state index contributed by atoms with van der Waals surface area (Å²) in [4.78, 5) is 18.8. The Morgan fingerprint density at radius 2 is 1.76 bits per heavy atom. The Bertz CT molecular complexity index is 853. The van der Waals surface area contributed by atoms with Crippen molar-refractivity contribution in [2.75, 3.05) is 21.2 Å². The molecule has 0 unspecified atom stereocenters. The zero-order valence-electron chi connectivity index (χ0n) is 14.1. The van der Waals surface area contributed by atoms with Gasteiger partial charge in [-0.25, -0.2) is 8.42 Å². The van der Waals surface area contributed by atoms with E-state index in [9.17, 15) is 13.2 Å². The molecule has 2 rings (SSSR count). The molecule has 25 heavy (non-hydrogen) atoms. The van der Waals surface area contributed by atoms with E-state index in [4.69, 9.17) is 16.4 Å². The van der Waals surface area contributed by atoms with Gasteiger partial charge in [-0.1, -0.05) is 28.2 Å². The zero-order chi connectivity index (χ0) is 18.6. The molecular formula is C17H19ClN2O4S. The van der Waals surface area contributed by atoms with E-state index in [1.165, 1.54) is 43.3 Å². The van der Waals surface area contributed by atoms with Gasteiger partial charge in [0.15, 0.2) is 0 Å². The van der Waals surface area contributed by atoms with Crippen LogP contribution in [0.2, 0.25) is 5.02 Å². The average Bonchev–Trinajstić information content (AvgIpc) is 2.60. The normalized spacial score (nSPS) is 11.6. The van der Waals surface area contributed by atoms with Crippen molar-refractivity contribution in [3.8, 4) is 0 Å². The molecule has 0 spiro atoms. The molecule has 0 saturated carbocycles. The summed E-state index contributed by atoms with van der Waals surface area (Å²) in [6, 6.07) is 13.0. The number of hydrogen-bond acceptors (Lipinski definition) is 4. The fraction of sp³-hybridized carbons (Fsp3) is 0.235. The Morgan fingerprint density at radius 3 is 2.32 bits per heavy atom. The summed E-state index contributed by atoms with van der Waals surface area (Å²) in [6.45, 7) is 0.395. The highest BCUT2D eigenvalue weighted by Gasteiger charge is 2.21. The number of carbonyl (C=O) groups is 1. The summed E-state index contributed by atoms with van der Waals surface area (Å²) in [5, 5.41) is 0.607. The Hall–Kier alpha value is -1.93. The van der Waals surface area contributed by atoms with Gasteiger partial charge in [-0.15, -0.1) is 0 Å². The summed E-state index contributed by atoms with van der Waals surface area (Å²) in [7, 11) is 0.503. The minimum atomic E-state index is -3.73. The lowest BCUT2D eigenvalue weighted by molar-refractivity contribution is -0.0258. The SMILES string of the molecule is CON(C)S(=O)(=O)c1ccc(C(=O)N(C)Cc2cccc(Cl)c2)cc1. The van der Waals surface area contributed by atoms with E-state index in [0.29, 0.717) is 17.1 Å². The highest BCUT2D eigenvalue weighted by Crippen LogP contribution is 2.17. The largest absolute Gasteiger partial charge is 0.337 e. The van der Waals surface area contributed by atoms with E-state index in [0.717, 1.165) is 10.0 Å². The van der Waals surface area contributed by atoms with Crippen molar-refractivity contribution < 1.29 is 18.0 Å². The van der Waals surface area contributed by atoms with Crippen LogP contribution in [0.4, 0.5) is 0 Å². The molecular weight excluding hydrogens is 364 g/mol. The van der Waals surface area contributed by atoms with Crippen molar-refractivity contribution in [3.63, 3.8) is 0 Å². The molecule has 0 radical (unpaired) electrons. The fourth-order valence-corrected chi connectivity index (χ4v) is 3.40. The molecule has 2 aromatic rings. The van der Waals surface area contributed by atoms with E-state index < -0.39 is 10.0 Å². The maximum absolute atomic E-state index is 12.5. The van der Waals surface area contributed by atoms with Crippen LogP contribution in [0, 0.1) is 0 Å². The first-order valence-electron chi connectivity index (χ1n) is 7.38. The van der Waals surface area contributed by atoms with Crippen LogP contribution in [-0.4, -0.2) is 44.9 Å². The van der Waals surface area contributed by atoms with Gasteiger partial charge in [0.1, 0.15) is 0 Å². The van der Waals surface area contributed by atoms with Gasteiger partial charge >= 0.3 is 0 Å². The number of benzene rings is 2. The third-order valence-electron chi connectivity index (χ3n) is 3.65. The standard InChI is InChI=1S/C17H19ClN2O4S/c1-19(12-13-5-4-6-15(18)11-13)17(21)14-7-9-16(10-8-14)25(22,23)20(2)24-3/h4-11H,12H2,1-3H3. The van der Waals surface area contributed by atoms with Crippen molar-refractivity contribution in [1.82, 2.24) is 9.37 Å². The summed E-state index contributed by atoms with van der Waals surface area (Å²) in [5.41, 5.74) is 1.30. The summed E-state index contributed by atoms with van der Waals surface area (Å²) >= 11 is 5.95.